The van der Waals surface area contributed by atoms with E-state index in [2.05, 4.69) is 9.97 Å². The van der Waals surface area contributed by atoms with Gasteiger partial charge in [0.15, 0.2) is 6.61 Å². The zero-order valence-electron chi connectivity index (χ0n) is 17.9. The number of ether oxygens (including phenoxy) is 2. The number of amides is 1. The van der Waals surface area contributed by atoms with Gasteiger partial charge in [0.1, 0.15) is 23.7 Å². The molecule has 2 aromatic carbocycles. The first-order valence-electron chi connectivity index (χ1n) is 10.5. The van der Waals surface area contributed by atoms with E-state index in [9.17, 15) is 14.0 Å². The van der Waals surface area contributed by atoms with Crippen LogP contribution in [0.3, 0.4) is 0 Å². The number of esters is 1. The molecule has 0 unspecified atom stereocenters. The van der Waals surface area contributed by atoms with Crippen LogP contribution in [-0.2, 0) is 16.1 Å². The molecule has 0 radical (unpaired) electrons. The molecule has 2 heterocycles. The number of benzene rings is 2. The van der Waals surface area contributed by atoms with Crippen LogP contribution in [0.25, 0.3) is 0 Å². The summed E-state index contributed by atoms with van der Waals surface area (Å²) in [6.07, 6.45) is 3.36. The Labute approximate surface area is 190 Å². The van der Waals surface area contributed by atoms with E-state index in [0.29, 0.717) is 37.9 Å². The van der Waals surface area contributed by atoms with Crippen LogP contribution in [0.15, 0.2) is 67.0 Å². The zero-order valence-corrected chi connectivity index (χ0v) is 17.9. The highest BCUT2D eigenvalue weighted by atomic mass is 19.1. The van der Waals surface area contributed by atoms with E-state index in [-0.39, 0.29) is 30.5 Å². The number of hydrogen-bond donors (Lipinski definition) is 0. The van der Waals surface area contributed by atoms with E-state index in [0.717, 1.165) is 5.56 Å². The first-order valence-corrected chi connectivity index (χ1v) is 10.5. The number of hydrogen-bond acceptors (Lipinski definition) is 7. The summed E-state index contributed by atoms with van der Waals surface area (Å²) in [4.78, 5) is 37.2. The molecule has 1 saturated heterocycles. The number of anilines is 1. The summed E-state index contributed by atoms with van der Waals surface area (Å²) in [6.45, 7) is 2.00. The molecule has 0 spiro atoms. The molecule has 3 aromatic rings. The predicted octanol–water partition coefficient (Wildman–Crippen LogP) is 2.70. The van der Waals surface area contributed by atoms with Crippen LogP contribution in [0.4, 0.5) is 10.3 Å². The van der Waals surface area contributed by atoms with Crippen LogP contribution in [-0.4, -0.2) is 59.5 Å². The molecular weight excluding hydrogens is 427 g/mol. The summed E-state index contributed by atoms with van der Waals surface area (Å²) >= 11 is 0. The van der Waals surface area contributed by atoms with E-state index in [1.807, 2.05) is 4.90 Å². The zero-order chi connectivity index (χ0) is 23.0. The molecule has 0 bridgehead atoms. The lowest BCUT2D eigenvalue weighted by Gasteiger charge is -2.34. The molecule has 170 valence electrons. The standard InChI is InChI=1S/C24H23FN4O4/c25-19-8-6-18(7-9-19)16-32-21-5-2-1-4-20(21)23(31)33-17-22(30)28-12-14-29(15-13-28)24-26-10-3-11-27-24/h1-11H,12-17H2. The summed E-state index contributed by atoms with van der Waals surface area (Å²) in [5.41, 5.74) is 0.980. The minimum absolute atomic E-state index is 0.166. The van der Waals surface area contributed by atoms with E-state index in [1.54, 1.807) is 59.8 Å². The third-order valence-electron chi connectivity index (χ3n) is 5.21. The quantitative estimate of drug-likeness (QED) is 0.512. The van der Waals surface area contributed by atoms with E-state index < -0.39 is 5.97 Å². The molecule has 0 atom stereocenters. The van der Waals surface area contributed by atoms with Crippen LogP contribution in [0.2, 0.25) is 0 Å². The van der Waals surface area contributed by atoms with Crippen molar-refractivity contribution in [1.29, 1.82) is 0 Å². The molecule has 4 rings (SSSR count). The number of aromatic nitrogens is 2. The first kappa shape index (κ1) is 22.2. The van der Waals surface area contributed by atoms with Gasteiger partial charge in [-0.15, -0.1) is 0 Å². The molecule has 1 fully saturated rings. The van der Waals surface area contributed by atoms with Gasteiger partial charge in [-0.05, 0) is 35.9 Å². The first-order chi connectivity index (χ1) is 16.1. The number of halogens is 1. The second-order valence-electron chi connectivity index (χ2n) is 7.40. The van der Waals surface area contributed by atoms with Gasteiger partial charge in [0, 0.05) is 38.6 Å². The van der Waals surface area contributed by atoms with Crippen molar-refractivity contribution in [3.63, 3.8) is 0 Å². The Morgan fingerprint density at radius 2 is 1.61 bits per heavy atom. The Bertz CT molecular complexity index is 1090. The minimum atomic E-state index is -0.644. The molecule has 1 amide bonds. The molecule has 0 aliphatic carbocycles. The lowest BCUT2D eigenvalue weighted by Crippen LogP contribution is -2.50. The Hall–Kier alpha value is -4.01. The number of carbonyl (C=O) groups is 2. The normalized spacial score (nSPS) is 13.5. The number of carbonyl (C=O) groups excluding carboxylic acids is 2. The molecule has 33 heavy (non-hydrogen) atoms. The van der Waals surface area contributed by atoms with Crippen LogP contribution >= 0.6 is 0 Å². The third-order valence-corrected chi connectivity index (χ3v) is 5.21. The second-order valence-corrected chi connectivity index (χ2v) is 7.40. The van der Waals surface area contributed by atoms with Gasteiger partial charge in [-0.3, -0.25) is 4.79 Å². The summed E-state index contributed by atoms with van der Waals surface area (Å²) in [6, 6.07) is 14.3. The van der Waals surface area contributed by atoms with Gasteiger partial charge in [0.05, 0.1) is 0 Å². The maximum Gasteiger partial charge on any atom is 0.342 e. The van der Waals surface area contributed by atoms with Crippen molar-refractivity contribution in [1.82, 2.24) is 14.9 Å². The molecule has 8 nitrogen and oxygen atoms in total. The highest BCUT2D eigenvalue weighted by Crippen LogP contribution is 2.21. The number of para-hydroxylation sites is 1. The van der Waals surface area contributed by atoms with E-state index >= 15 is 0 Å². The van der Waals surface area contributed by atoms with Gasteiger partial charge in [-0.2, -0.15) is 0 Å². The van der Waals surface area contributed by atoms with E-state index in [4.69, 9.17) is 9.47 Å². The van der Waals surface area contributed by atoms with Gasteiger partial charge in [0.2, 0.25) is 5.95 Å². The van der Waals surface area contributed by atoms with Crippen molar-refractivity contribution in [2.24, 2.45) is 0 Å². The minimum Gasteiger partial charge on any atom is -0.488 e. The van der Waals surface area contributed by atoms with Crippen LogP contribution in [0.1, 0.15) is 15.9 Å². The van der Waals surface area contributed by atoms with Crippen molar-refractivity contribution in [2.45, 2.75) is 6.61 Å². The highest BCUT2D eigenvalue weighted by molar-refractivity contribution is 5.94. The topological polar surface area (TPSA) is 84.9 Å². The van der Waals surface area contributed by atoms with E-state index in [1.165, 1.54) is 12.1 Å². The molecule has 1 aliphatic rings. The Morgan fingerprint density at radius 3 is 2.33 bits per heavy atom. The Kier molecular flexibility index (Phi) is 7.09. The fourth-order valence-corrected chi connectivity index (χ4v) is 3.41. The monoisotopic (exact) mass is 450 g/mol. The van der Waals surface area contributed by atoms with Gasteiger partial charge in [-0.1, -0.05) is 24.3 Å². The van der Waals surface area contributed by atoms with Gasteiger partial charge >= 0.3 is 5.97 Å². The fraction of sp³-hybridized carbons (Fsp3) is 0.250. The van der Waals surface area contributed by atoms with Crippen LogP contribution < -0.4 is 9.64 Å². The largest absolute Gasteiger partial charge is 0.488 e. The second kappa shape index (κ2) is 10.5. The molecule has 1 aromatic heterocycles. The predicted molar refractivity (Wildman–Crippen MR) is 118 cm³/mol. The molecule has 1 aliphatic heterocycles. The molecule has 9 heteroatoms. The third kappa shape index (κ3) is 5.82. The average molecular weight is 450 g/mol. The number of rotatable bonds is 7. The maximum absolute atomic E-state index is 13.1. The van der Waals surface area contributed by atoms with Crippen molar-refractivity contribution < 1.29 is 23.5 Å². The summed E-state index contributed by atoms with van der Waals surface area (Å²) in [7, 11) is 0. The summed E-state index contributed by atoms with van der Waals surface area (Å²) in [5.74, 6) is -0.276. The van der Waals surface area contributed by atoms with Crippen molar-refractivity contribution in [3.05, 3.63) is 83.9 Å². The maximum atomic E-state index is 13.1. The van der Waals surface area contributed by atoms with Crippen molar-refractivity contribution in [2.75, 3.05) is 37.7 Å². The van der Waals surface area contributed by atoms with Crippen LogP contribution in [0, 0.1) is 5.82 Å². The molecule has 0 N–H and O–H groups in total. The van der Waals surface area contributed by atoms with Crippen molar-refractivity contribution >= 4 is 17.8 Å². The highest BCUT2D eigenvalue weighted by Gasteiger charge is 2.24. The van der Waals surface area contributed by atoms with Crippen LogP contribution in [0.5, 0.6) is 5.75 Å². The summed E-state index contributed by atoms with van der Waals surface area (Å²) in [5, 5.41) is 0. The average Bonchev–Trinajstić information content (AvgIpc) is 2.87. The lowest BCUT2D eigenvalue weighted by atomic mass is 10.2. The SMILES string of the molecule is O=C(OCC(=O)N1CCN(c2ncccn2)CC1)c1ccccc1OCc1ccc(F)cc1. The van der Waals surface area contributed by atoms with Gasteiger partial charge in [-0.25, -0.2) is 19.2 Å². The molecule has 0 saturated carbocycles. The Morgan fingerprint density at radius 1 is 0.909 bits per heavy atom. The van der Waals surface area contributed by atoms with Crippen molar-refractivity contribution in [3.8, 4) is 5.75 Å². The van der Waals surface area contributed by atoms with Gasteiger partial charge in [0.25, 0.3) is 5.91 Å². The fourth-order valence-electron chi connectivity index (χ4n) is 3.41. The lowest BCUT2D eigenvalue weighted by molar-refractivity contribution is -0.134. The smallest absolute Gasteiger partial charge is 0.342 e. The number of piperazine rings is 1. The number of nitrogens with zero attached hydrogens (tertiary/aromatic N) is 4. The van der Waals surface area contributed by atoms with Gasteiger partial charge < -0.3 is 19.3 Å². The summed E-state index contributed by atoms with van der Waals surface area (Å²) < 4.78 is 24.1. The molecular formula is C24H23FN4O4. The Balaban J connectivity index is 1.28.